The summed E-state index contributed by atoms with van der Waals surface area (Å²) in [5.74, 6) is -0.612. The van der Waals surface area contributed by atoms with Crippen molar-refractivity contribution in [3.63, 3.8) is 0 Å². The number of methoxy groups -OCH3 is 1. The molecule has 0 atom stereocenters. The number of ether oxygens (including phenoxy) is 1. The maximum Gasteiger partial charge on any atom is 0.349 e. The molecule has 1 N–H and O–H groups in total. The molecule has 1 aliphatic rings. The Hall–Kier alpha value is -0.960. The number of carbonyl (C=O) groups is 1. The topological polar surface area (TPSA) is 75.7 Å². The fourth-order valence-electron chi connectivity index (χ4n) is 1.77. The maximum absolute atomic E-state index is 12.4. The van der Waals surface area contributed by atoms with Crippen LogP contribution in [0.4, 0.5) is 0 Å². The number of esters is 1. The van der Waals surface area contributed by atoms with E-state index in [0.29, 0.717) is 26.2 Å². The summed E-state index contributed by atoms with van der Waals surface area (Å²) in [7, 11) is -2.36. The van der Waals surface area contributed by atoms with E-state index in [2.05, 4.69) is 10.1 Å². The first kappa shape index (κ1) is 13.5. The van der Waals surface area contributed by atoms with Crippen molar-refractivity contribution >= 4 is 27.3 Å². The van der Waals surface area contributed by atoms with E-state index in [9.17, 15) is 13.2 Å². The minimum absolute atomic E-state index is 0.0428. The molecule has 6 nitrogen and oxygen atoms in total. The average molecular weight is 290 g/mol. The zero-order valence-electron chi connectivity index (χ0n) is 9.88. The third-order valence-corrected chi connectivity index (χ3v) is 5.66. The van der Waals surface area contributed by atoms with Gasteiger partial charge in [-0.3, -0.25) is 0 Å². The van der Waals surface area contributed by atoms with Gasteiger partial charge in [0.05, 0.1) is 7.11 Å². The highest BCUT2D eigenvalue weighted by molar-refractivity contribution is 7.89. The van der Waals surface area contributed by atoms with Gasteiger partial charge in [-0.2, -0.15) is 4.31 Å². The highest BCUT2D eigenvalue weighted by Gasteiger charge is 2.31. The van der Waals surface area contributed by atoms with Crippen LogP contribution in [-0.4, -0.2) is 52.0 Å². The lowest BCUT2D eigenvalue weighted by Crippen LogP contribution is -2.46. The number of piperazine rings is 1. The van der Waals surface area contributed by atoms with E-state index in [1.807, 2.05) is 0 Å². The fourth-order valence-corrected chi connectivity index (χ4v) is 4.52. The van der Waals surface area contributed by atoms with Crippen LogP contribution in [0.3, 0.4) is 0 Å². The van der Waals surface area contributed by atoms with Crippen LogP contribution >= 0.6 is 11.3 Å². The highest BCUT2D eigenvalue weighted by atomic mass is 32.2. The molecule has 1 saturated heterocycles. The summed E-state index contributed by atoms with van der Waals surface area (Å²) in [5, 5.41) is 4.67. The van der Waals surface area contributed by atoms with Gasteiger partial charge in [-0.15, -0.1) is 11.3 Å². The molecule has 0 unspecified atom stereocenters. The summed E-state index contributed by atoms with van der Waals surface area (Å²) >= 11 is 1.08. The molecule has 0 radical (unpaired) electrons. The summed E-state index contributed by atoms with van der Waals surface area (Å²) in [6, 6.07) is 1.45. The van der Waals surface area contributed by atoms with Gasteiger partial charge < -0.3 is 10.1 Å². The van der Waals surface area contributed by atoms with Crippen molar-refractivity contribution in [1.29, 1.82) is 0 Å². The Kier molecular flexibility index (Phi) is 4.00. The van der Waals surface area contributed by atoms with Crippen LogP contribution in [0.15, 0.2) is 16.3 Å². The first-order chi connectivity index (χ1) is 8.57. The molecule has 1 aromatic rings. The van der Waals surface area contributed by atoms with Crippen molar-refractivity contribution in [2.24, 2.45) is 0 Å². The summed E-state index contributed by atoms with van der Waals surface area (Å²) in [6.45, 7) is 2.07. The number of nitrogens with zero attached hydrogens (tertiary/aromatic N) is 1. The predicted octanol–water partition coefficient (Wildman–Crippen LogP) is 0.129. The van der Waals surface area contributed by atoms with Crippen molar-refractivity contribution in [2.75, 3.05) is 33.3 Å². The molecule has 0 amide bonds. The second-order valence-electron chi connectivity index (χ2n) is 3.76. The van der Waals surface area contributed by atoms with Gasteiger partial charge in [-0.05, 0) is 11.4 Å². The number of hydrogen-bond acceptors (Lipinski definition) is 6. The summed E-state index contributed by atoms with van der Waals surface area (Å²) in [5.41, 5.74) is 0. The van der Waals surface area contributed by atoms with Gasteiger partial charge in [-0.1, -0.05) is 0 Å². The predicted molar refractivity (Wildman–Crippen MR) is 67.3 cm³/mol. The van der Waals surface area contributed by atoms with Gasteiger partial charge in [0.1, 0.15) is 9.77 Å². The number of nitrogens with one attached hydrogen (secondary N) is 1. The zero-order chi connectivity index (χ0) is 13.2. The molecule has 100 valence electrons. The number of rotatable bonds is 3. The van der Waals surface area contributed by atoms with Crippen LogP contribution < -0.4 is 5.32 Å². The maximum atomic E-state index is 12.4. The minimum Gasteiger partial charge on any atom is -0.465 e. The van der Waals surface area contributed by atoms with E-state index in [-0.39, 0.29) is 9.77 Å². The van der Waals surface area contributed by atoms with Crippen LogP contribution in [0.2, 0.25) is 0 Å². The third kappa shape index (κ3) is 2.41. The highest BCUT2D eigenvalue weighted by Crippen LogP contribution is 2.26. The number of hydrogen-bond donors (Lipinski definition) is 1. The van der Waals surface area contributed by atoms with Gasteiger partial charge in [-0.25, -0.2) is 13.2 Å². The molecule has 18 heavy (non-hydrogen) atoms. The molecule has 1 aliphatic heterocycles. The Morgan fingerprint density at radius 2 is 2.11 bits per heavy atom. The molecule has 0 bridgehead atoms. The van der Waals surface area contributed by atoms with Gasteiger partial charge in [0.25, 0.3) is 0 Å². The Morgan fingerprint density at radius 1 is 1.44 bits per heavy atom. The Labute approximate surface area is 110 Å². The summed E-state index contributed by atoms with van der Waals surface area (Å²) in [4.78, 5) is 11.7. The fraction of sp³-hybridized carbons (Fsp3) is 0.500. The standard InChI is InChI=1S/C10H14N2O4S2/c1-16-10(13)9-8(2-7-17-9)18(14,15)12-5-3-11-4-6-12/h2,7,11H,3-6H2,1H3. The molecule has 0 saturated carbocycles. The van der Waals surface area contributed by atoms with Gasteiger partial charge >= 0.3 is 5.97 Å². The quantitative estimate of drug-likeness (QED) is 0.801. The van der Waals surface area contributed by atoms with E-state index in [0.717, 1.165) is 11.3 Å². The van der Waals surface area contributed by atoms with E-state index in [4.69, 9.17) is 0 Å². The normalized spacial score (nSPS) is 17.6. The molecule has 2 rings (SSSR count). The monoisotopic (exact) mass is 290 g/mol. The Morgan fingerprint density at radius 3 is 2.72 bits per heavy atom. The van der Waals surface area contributed by atoms with Gasteiger partial charge in [0, 0.05) is 26.2 Å². The van der Waals surface area contributed by atoms with Crippen molar-refractivity contribution < 1.29 is 17.9 Å². The molecular formula is C10H14N2O4S2. The molecule has 2 heterocycles. The van der Waals surface area contributed by atoms with Crippen molar-refractivity contribution in [2.45, 2.75) is 4.90 Å². The largest absolute Gasteiger partial charge is 0.465 e. The second kappa shape index (κ2) is 5.35. The van der Waals surface area contributed by atoms with E-state index >= 15 is 0 Å². The number of sulfonamides is 1. The van der Waals surface area contributed by atoms with Crippen LogP contribution in [0, 0.1) is 0 Å². The van der Waals surface area contributed by atoms with Crippen LogP contribution in [-0.2, 0) is 14.8 Å². The minimum atomic E-state index is -3.60. The Bertz CT molecular complexity index is 532. The van der Waals surface area contributed by atoms with E-state index < -0.39 is 16.0 Å². The van der Waals surface area contributed by atoms with Crippen molar-refractivity contribution in [1.82, 2.24) is 9.62 Å². The first-order valence-electron chi connectivity index (χ1n) is 5.44. The molecule has 0 aliphatic carbocycles. The molecule has 8 heteroatoms. The van der Waals surface area contributed by atoms with Crippen LogP contribution in [0.1, 0.15) is 9.67 Å². The molecule has 1 fully saturated rings. The lowest BCUT2D eigenvalue weighted by Gasteiger charge is -2.26. The van der Waals surface area contributed by atoms with Gasteiger partial charge in [0.15, 0.2) is 0 Å². The summed E-state index contributed by atoms with van der Waals surface area (Å²) in [6.07, 6.45) is 0. The molecule has 0 spiro atoms. The van der Waals surface area contributed by atoms with Crippen molar-refractivity contribution in [3.8, 4) is 0 Å². The second-order valence-corrected chi connectivity index (χ2v) is 6.58. The summed E-state index contributed by atoms with van der Waals surface area (Å²) < 4.78 is 30.8. The van der Waals surface area contributed by atoms with Crippen LogP contribution in [0.5, 0.6) is 0 Å². The van der Waals surface area contributed by atoms with Crippen molar-refractivity contribution in [3.05, 3.63) is 16.3 Å². The third-order valence-electron chi connectivity index (χ3n) is 2.69. The van der Waals surface area contributed by atoms with E-state index in [1.165, 1.54) is 17.5 Å². The first-order valence-corrected chi connectivity index (χ1v) is 7.76. The average Bonchev–Trinajstić information content (AvgIpc) is 2.89. The lowest BCUT2D eigenvalue weighted by atomic mass is 10.4. The zero-order valence-corrected chi connectivity index (χ0v) is 11.5. The number of carbonyl (C=O) groups excluding carboxylic acids is 1. The smallest absolute Gasteiger partial charge is 0.349 e. The lowest BCUT2D eigenvalue weighted by molar-refractivity contribution is 0.0602. The van der Waals surface area contributed by atoms with Crippen LogP contribution in [0.25, 0.3) is 0 Å². The molecule has 1 aromatic heterocycles. The van der Waals surface area contributed by atoms with Gasteiger partial charge in [0.2, 0.25) is 10.0 Å². The SMILES string of the molecule is COC(=O)c1sccc1S(=O)(=O)N1CCNCC1. The van der Waals surface area contributed by atoms with E-state index in [1.54, 1.807) is 5.38 Å². The Balaban J connectivity index is 2.35. The molecule has 0 aromatic carbocycles. The number of thiophene rings is 1. The molecular weight excluding hydrogens is 276 g/mol.